The Bertz CT molecular complexity index is 1580. The summed E-state index contributed by atoms with van der Waals surface area (Å²) < 4.78 is 1.23. The number of hydrogen-bond acceptors (Lipinski definition) is 6. The summed E-state index contributed by atoms with van der Waals surface area (Å²) in [5.74, 6) is 3.68. The van der Waals surface area contributed by atoms with E-state index in [0.29, 0.717) is 16.0 Å². The van der Waals surface area contributed by atoms with Gasteiger partial charge in [0.15, 0.2) is 0 Å². The van der Waals surface area contributed by atoms with Crippen LogP contribution in [0.1, 0.15) is 65.6 Å². The zero-order valence-electron chi connectivity index (χ0n) is 27.7. The first kappa shape index (κ1) is 36.0. The standard InChI is InChI=1S/C14H19BrN2.C13H18N2.C10H10Cl2N2/c1-3-10-5-6-13(15)11(4-2)12(10)9-14-16-7-8-17-14;1-9-5-4-6-12(10(9)2)11(3)13-14-7-8-15-13;11-8-3-1-2-7(10(8)12)6-9-13-4-5-14-9/h5-6H,3-4,7-9H2,1-2H3,(H,16,17);4-6,11H,7-8H2,1-3H3,(H,14,15);1-3H,4-6H2,(H,13,14). The first-order valence-corrected chi connectivity index (χ1v) is 17.9. The van der Waals surface area contributed by atoms with Gasteiger partial charge in [-0.3, -0.25) is 15.0 Å². The number of halogens is 3. The van der Waals surface area contributed by atoms with E-state index >= 15 is 0 Å². The second kappa shape index (κ2) is 17.9. The van der Waals surface area contributed by atoms with Crippen molar-refractivity contribution in [2.45, 2.75) is 66.2 Å². The van der Waals surface area contributed by atoms with Crippen LogP contribution in [0.5, 0.6) is 0 Å². The van der Waals surface area contributed by atoms with Crippen molar-refractivity contribution in [3.8, 4) is 0 Å². The summed E-state index contributed by atoms with van der Waals surface area (Å²) in [7, 11) is 0. The molecule has 246 valence electrons. The molecule has 0 radical (unpaired) electrons. The Balaban J connectivity index is 0.000000157. The van der Waals surface area contributed by atoms with Crippen molar-refractivity contribution in [1.29, 1.82) is 0 Å². The summed E-state index contributed by atoms with van der Waals surface area (Å²) >= 11 is 15.6. The molecule has 6 rings (SSSR count). The molecule has 3 heterocycles. The molecule has 1 atom stereocenters. The molecule has 3 N–H and O–H groups in total. The van der Waals surface area contributed by atoms with E-state index in [2.05, 4.69) is 112 Å². The number of hydrogen-bond donors (Lipinski definition) is 3. The maximum absolute atomic E-state index is 6.06. The highest BCUT2D eigenvalue weighted by Crippen LogP contribution is 2.27. The lowest BCUT2D eigenvalue weighted by molar-refractivity contribution is 0.912. The highest BCUT2D eigenvalue weighted by molar-refractivity contribution is 9.10. The van der Waals surface area contributed by atoms with Crippen LogP contribution in [0.25, 0.3) is 0 Å². The lowest BCUT2D eigenvalue weighted by Crippen LogP contribution is -2.24. The summed E-state index contributed by atoms with van der Waals surface area (Å²) in [6.07, 6.45) is 3.84. The molecule has 0 saturated heterocycles. The summed E-state index contributed by atoms with van der Waals surface area (Å²) in [5, 5.41) is 11.1. The Labute approximate surface area is 293 Å². The van der Waals surface area contributed by atoms with Gasteiger partial charge in [0.1, 0.15) is 17.5 Å². The third kappa shape index (κ3) is 9.58. The number of aryl methyl sites for hydroxylation is 2. The van der Waals surface area contributed by atoms with E-state index in [1.165, 1.54) is 37.9 Å². The number of rotatable bonds is 8. The van der Waals surface area contributed by atoms with Crippen LogP contribution in [0, 0.1) is 13.8 Å². The van der Waals surface area contributed by atoms with Crippen molar-refractivity contribution in [1.82, 2.24) is 16.0 Å². The second-order valence-corrected chi connectivity index (χ2v) is 13.3. The number of nitrogens with zero attached hydrogens (tertiary/aromatic N) is 3. The monoisotopic (exact) mass is 724 g/mol. The van der Waals surface area contributed by atoms with Crippen molar-refractivity contribution in [3.05, 3.63) is 102 Å². The molecule has 46 heavy (non-hydrogen) atoms. The molecular formula is C37H47BrCl2N6. The lowest BCUT2D eigenvalue weighted by atomic mass is 9.93. The smallest absolute Gasteiger partial charge is 0.104 e. The van der Waals surface area contributed by atoms with Crippen LogP contribution in [0.15, 0.2) is 68.0 Å². The molecule has 0 fully saturated rings. The van der Waals surface area contributed by atoms with Crippen LogP contribution in [0.2, 0.25) is 10.0 Å². The van der Waals surface area contributed by atoms with Crippen molar-refractivity contribution < 1.29 is 0 Å². The predicted molar refractivity (Wildman–Crippen MR) is 202 cm³/mol. The minimum absolute atomic E-state index is 0.396. The maximum Gasteiger partial charge on any atom is 0.104 e. The summed E-state index contributed by atoms with van der Waals surface area (Å²) in [4.78, 5) is 13.3. The Hall–Kier alpha value is -2.87. The summed E-state index contributed by atoms with van der Waals surface area (Å²) in [5.41, 5.74) is 9.49. The van der Waals surface area contributed by atoms with Gasteiger partial charge in [-0.05, 0) is 77.8 Å². The van der Waals surface area contributed by atoms with E-state index in [-0.39, 0.29) is 0 Å². The van der Waals surface area contributed by atoms with E-state index in [9.17, 15) is 0 Å². The average Bonchev–Trinajstić information content (AvgIpc) is 3.87. The van der Waals surface area contributed by atoms with Crippen LogP contribution < -0.4 is 16.0 Å². The predicted octanol–water partition coefficient (Wildman–Crippen LogP) is 8.06. The number of aliphatic imine (C=N–C) groups is 3. The molecule has 1 unspecified atom stereocenters. The first-order valence-electron chi connectivity index (χ1n) is 16.3. The van der Waals surface area contributed by atoms with Gasteiger partial charge in [-0.15, -0.1) is 0 Å². The Morgan fingerprint density at radius 2 is 1.39 bits per heavy atom. The van der Waals surface area contributed by atoms with E-state index in [1.54, 1.807) is 6.07 Å². The van der Waals surface area contributed by atoms with E-state index in [1.807, 2.05) is 12.1 Å². The molecule has 3 aliphatic heterocycles. The quantitative estimate of drug-likeness (QED) is 0.220. The number of benzene rings is 3. The van der Waals surface area contributed by atoms with Gasteiger partial charge >= 0.3 is 0 Å². The van der Waals surface area contributed by atoms with Gasteiger partial charge in [0.2, 0.25) is 0 Å². The molecule has 3 aromatic carbocycles. The van der Waals surface area contributed by atoms with E-state index < -0.39 is 0 Å². The fourth-order valence-electron chi connectivity index (χ4n) is 5.91. The lowest BCUT2D eigenvalue weighted by Gasteiger charge is -2.16. The van der Waals surface area contributed by atoms with E-state index in [0.717, 1.165) is 88.0 Å². The molecule has 0 bridgehead atoms. The van der Waals surface area contributed by atoms with Crippen LogP contribution in [0.4, 0.5) is 0 Å². The molecule has 0 saturated carbocycles. The summed E-state index contributed by atoms with van der Waals surface area (Å²) in [6.45, 7) is 16.6. The molecule has 3 aliphatic rings. The van der Waals surface area contributed by atoms with Gasteiger partial charge in [0.25, 0.3) is 0 Å². The van der Waals surface area contributed by atoms with Gasteiger partial charge in [-0.2, -0.15) is 0 Å². The van der Waals surface area contributed by atoms with E-state index in [4.69, 9.17) is 23.2 Å². The first-order chi connectivity index (χ1) is 22.2. The molecule has 0 amide bonds. The van der Waals surface area contributed by atoms with Gasteiger partial charge in [-0.1, -0.05) is 96.3 Å². The third-order valence-corrected chi connectivity index (χ3v) is 10.3. The molecule has 0 spiro atoms. The molecule has 6 nitrogen and oxygen atoms in total. The Morgan fingerprint density at radius 3 is 2.00 bits per heavy atom. The average molecular weight is 727 g/mol. The fourth-order valence-corrected chi connectivity index (χ4v) is 6.95. The largest absolute Gasteiger partial charge is 0.372 e. The zero-order valence-corrected chi connectivity index (χ0v) is 30.8. The normalized spacial score (nSPS) is 15.6. The Kier molecular flexibility index (Phi) is 14.0. The van der Waals surface area contributed by atoms with Crippen molar-refractivity contribution >= 4 is 56.6 Å². The van der Waals surface area contributed by atoms with Crippen LogP contribution in [0.3, 0.4) is 0 Å². The molecule has 0 aromatic heterocycles. The SMILES string of the molecule is CCc1ccc(Br)c(CC)c1CC1=NCCN1.Cc1cccc(C(C)C2=NCCN2)c1C.Clc1cccc(CC2=NCCN2)c1Cl. The van der Waals surface area contributed by atoms with Gasteiger partial charge < -0.3 is 16.0 Å². The minimum Gasteiger partial charge on any atom is -0.372 e. The number of nitrogens with one attached hydrogen (secondary N) is 3. The highest BCUT2D eigenvalue weighted by Gasteiger charge is 2.18. The van der Waals surface area contributed by atoms with Gasteiger partial charge in [-0.25, -0.2) is 0 Å². The van der Waals surface area contributed by atoms with Crippen LogP contribution in [-0.2, 0) is 25.7 Å². The molecule has 9 heteroatoms. The fraction of sp³-hybridized carbons (Fsp3) is 0.432. The van der Waals surface area contributed by atoms with Gasteiger partial charge in [0.05, 0.1) is 29.7 Å². The van der Waals surface area contributed by atoms with Crippen LogP contribution >= 0.6 is 39.1 Å². The van der Waals surface area contributed by atoms with Crippen molar-refractivity contribution in [3.63, 3.8) is 0 Å². The zero-order chi connectivity index (χ0) is 33.1. The third-order valence-electron chi connectivity index (χ3n) is 8.65. The second-order valence-electron chi connectivity index (χ2n) is 11.7. The Morgan fingerprint density at radius 1 is 0.739 bits per heavy atom. The molecule has 3 aromatic rings. The van der Waals surface area contributed by atoms with Crippen molar-refractivity contribution in [2.75, 3.05) is 39.3 Å². The maximum atomic E-state index is 6.06. The topological polar surface area (TPSA) is 73.2 Å². The van der Waals surface area contributed by atoms with Gasteiger partial charge in [0, 0.05) is 42.9 Å². The molecule has 0 aliphatic carbocycles. The molecular weight excluding hydrogens is 679 g/mol. The summed E-state index contributed by atoms with van der Waals surface area (Å²) in [6, 6.07) is 16.6. The van der Waals surface area contributed by atoms with Crippen molar-refractivity contribution in [2.24, 2.45) is 15.0 Å². The number of amidine groups is 3. The minimum atomic E-state index is 0.396. The highest BCUT2D eigenvalue weighted by atomic mass is 79.9. The van der Waals surface area contributed by atoms with Crippen LogP contribution in [-0.4, -0.2) is 56.8 Å².